The molecule has 0 saturated carbocycles. The van der Waals surface area contributed by atoms with Crippen LogP contribution in [0.4, 0.5) is 5.69 Å². The number of carbonyl (C=O) groups excluding carboxylic acids is 1. The van der Waals surface area contributed by atoms with Gasteiger partial charge in [-0.15, -0.1) is 11.6 Å². The molecule has 0 saturated heterocycles. The molecule has 5 heteroatoms. The Morgan fingerprint density at radius 3 is 2.85 bits per heavy atom. The van der Waals surface area contributed by atoms with Gasteiger partial charge >= 0.3 is 0 Å². The lowest BCUT2D eigenvalue weighted by atomic mass is 10.3. The van der Waals surface area contributed by atoms with Crippen LogP contribution < -0.4 is 5.32 Å². The fourth-order valence-corrected chi connectivity index (χ4v) is 1.32. The van der Waals surface area contributed by atoms with E-state index >= 15 is 0 Å². The van der Waals surface area contributed by atoms with Crippen LogP contribution in [0.5, 0.6) is 5.75 Å². The molecule has 70 valence electrons. The van der Waals surface area contributed by atoms with Crippen LogP contribution >= 0.6 is 27.5 Å². The fraction of sp³-hybridized carbons (Fsp3) is 0.125. The molecule has 0 atom stereocenters. The van der Waals surface area contributed by atoms with Crippen molar-refractivity contribution >= 4 is 39.1 Å². The Bertz CT molecular complexity index is 330. The largest absolute Gasteiger partial charge is 0.508 e. The van der Waals surface area contributed by atoms with E-state index in [1.54, 1.807) is 6.07 Å². The first kappa shape index (κ1) is 10.3. The number of benzene rings is 1. The Morgan fingerprint density at radius 2 is 2.31 bits per heavy atom. The van der Waals surface area contributed by atoms with Crippen molar-refractivity contribution in [2.45, 2.75) is 0 Å². The molecule has 0 fully saturated rings. The summed E-state index contributed by atoms with van der Waals surface area (Å²) in [5.74, 6) is -0.239. The molecule has 0 radical (unpaired) electrons. The van der Waals surface area contributed by atoms with Crippen LogP contribution in [0.2, 0.25) is 0 Å². The number of hydrogen-bond acceptors (Lipinski definition) is 2. The molecule has 0 aliphatic rings. The van der Waals surface area contributed by atoms with Gasteiger partial charge in [0.2, 0.25) is 5.91 Å². The molecule has 0 unspecified atom stereocenters. The molecule has 0 aliphatic heterocycles. The van der Waals surface area contributed by atoms with Crippen molar-refractivity contribution in [3.63, 3.8) is 0 Å². The van der Waals surface area contributed by atoms with Crippen molar-refractivity contribution in [2.24, 2.45) is 0 Å². The van der Waals surface area contributed by atoms with Crippen LogP contribution in [0.15, 0.2) is 22.7 Å². The van der Waals surface area contributed by atoms with Crippen molar-refractivity contribution in [3.8, 4) is 5.75 Å². The van der Waals surface area contributed by atoms with Crippen LogP contribution in [0.25, 0.3) is 0 Å². The third-order valence-electron chi connectivity index (χ3n) is 1.35. The maximum absolute atomic E-state index is 10.9. The molecular formula is C8H7BrClNO2. The highest BCUT2D eigenvalue weighted by molar-refractivity contribution is 9.10. The van der Waals surface area contributed by atoms with E-state index in [2.05, 4.69) is 21.2 Å². The first-order valence-electron chi connectivity index (χ1n) is 3.48. The van der Waals surface area contributed by atoms with Gasteiger partial charge in [0, 0.05) is 4.47 Å². The molecule has 1 rings (SSSR count). The lowest BCUT2D eigenvalue weighted by molar-refractivity contribution is -0.113. The van der Waals surface area contributed by atoms with Gasteiger partial charge in [-0.05, 0) is 34.1 Å². The Hall–Kier alpha value is -0.740. The standard InChI is InChI=1S/C8H7BrClNO2/c9-6-3-5(12)1-2-7(6)11-8(13)4-10/h1-3,12H,4H2,(H,11,13). The summed E-state index contributed by atoms with van der Waals surface area (Å²) in [5, 5.41) is 11.6. The smallest absolute Gasteiger partial charge is 0.239 e. The second-order valence-corrected chi connectivity index (χ2v) is 3.47. The molecule has 13 heavy (non-hydrogen) atoms. The maximum atomic E-state index is 10.9. The van der Waals surface area contributed by atoms with Gasteiger partial charge in [-0.2, -0.15) is 0 Å². The highest BCUT2D eigenvalue weighted by atomic mass is 79.9. The van der Waals surface area contributed by atoms with Gasteiger partial charge in [0.15, 0.2) is 0 Å². The van der Waals surface area contributed by atoms with Crippen molar-refractivity contribution in [1.29, 1.82) is 0 Å². The molecule has 0 spiro atoms. The van der Waals surface area contributed by atoms with E-state index in [4.69, 9.17) is 16.7 Å². The Balaban J connectivity index is 2.83. The fourth-order valence-electron chi connectivity index (χ4n) is 0.789. The van der Waals surface area contributed by atoms with Crippen LogP contribution in [0.1, 0.15) is 0 Å². The molecule has 0 heterocycles. The summed E-state index contributed by atoms with van der Waals surface area (Å²) in [4.78, 5) is 10.9. The van der Waals surface area contributed by atoms with Crippen LogP contribution in [0, 0.1) is 0 Å². The molecule has 1 amide bonds. The number of aromatic hydroxyl groups is 1. The van der Waals surface area contributed by atoms with Crippen molar-refractivity contribution in [2.75, 3.05) is 11.2 Å². The average Bonchev–Trinajstić information content (AvgIpc) is 2.09. The second-order valence-electron chi connectivity index (χ2n) is 2.35. The number of hydrogen-bond donors (Lipinski definition) is 2. The summed E-state index contributed by atoms with van der Waals surface area (Å²) in [7, 11) is 0. The number of phenols is 1. The van der Waals surface area contributed by atoms with E-state index in [9.17, 15) is 4.79 Å². The molecule has 0 bridgehead atoms. The van der Waals surface area contributed by atoms with Gasteiger partial charge in [0.05, 0.1) is 5.69 Å². The first-order valence-corrected chi connectivity index (χ1v) is 4.80. The highest BCUT2D eigenvalue weighted by Gasteiger charge is 2.04. The van der Waals surface area contributed by atoms with Gasteiger partial charge in [0.1, 0.15) is 11.6 Å². The van der Waals surface area contributed by atoms with Gasteiger partial charge < -0.3 is 10.4 Å². The average molecular weight is 265 g/mol. The van der Waals surface area contributed by atoms with Crippen molar-refractivity contribution in [3.05, 3.63) is 22.7 Å². The zero-order valence-corrected chi connectivity index (χ0v) is 8.89. The number of amides is 1. The van der Waals surface area contributed by atoms with E-state index in [1.807, 2.05) is 0 Å². The second kappa shape index (κ2) is 4.48. The van der Waals surface area contributed by atoms with Crippen LogP contribution in [0.3, 0.4) is 0 Å². The number of phenolic OH excluding ortho intramolecular Hbond substituents is 1. The van der Waals surface area contributed by atoms with Gasteiger partial charge in [-0.3, -0.25) is 4.79 Å². The minimum Gasteiger partial charge on any atom is -0.508 e. The molecular weight excluding hydrogens is 257 g/mol. The zero-order valence-electron chi connectivity index (χ0n) is 6.55. The highest BCUT2D eigenvalue weighted by Crippen LogP contribution is 2.26. The first-order chi connectivity index (χ1) is 6.13. The van der Waals surface area contributed by atoms with Crippen molar-refractivity contribution < 1.29 is 9.90 Å². The maximum Gasteiger partial charge on any atom is 0.239 e. The van der Waals surface area contributed by atoms with E-state index < -0.39 is 0 Å². The summed E-state index contributed by atoms with van der Waals surface area (Å²) in [6.07, 6.45) is 0. The number of halogens is 2. The molecule has 1 aromatic carbocycles. The predicted molar refractivity (Wildman–Crippen MR) is 55.2 cm³/mol. The molecule has 2 N–H and O–H groups in total. The lowest BCUT2D eigenvalue weighted by Gasteiger charge is -2.05. The summed E-state index contributed by atoms with van der Waals surface area (Å²) in [5.41, 5.74) is 0.587. The van der Waals surface area contributed by atoms with Crippen LogP contribution in [-0.2, 0) is 4.79 Å². The lowest BCUT2D eigenvalue weighted by Crippen LogP contribution is -2.12. The van der Waals surface area contributed by atoms with E-state index in [0.717, 1.165) is 0 Å². The van der Waals surface area contributed by atoms with E-state index in [-0.39, 0.29) is 17.5 Å². The monoisotopic (exact) mass is 263 g/mol. The summed E-state index contributed by atoms with van der Waals surface area (Å²) >= 11 is 8.50. The zero-order chi connectivity index (χ0) is 9.84. The summed E-state index contributed by atoms with van der Waals surface area (Å²) in [6.45, 7) is 0. The number of alkyl halides is 1. The number of nitrogens with one attached hydrogen (secondary N) is 1. The third-order valence-corrected chi connectivity index (χ3v) is 2.25. The quantitative estimate of drug-likeness (QED) is 0.636. The number of rotatable bonds is 2. The van der Waals surface area contributed by atoms with Crippen LogP contribution in [-0.4, -0.2) is 16.9 Å². The van der Waals surface area contributed by atoms with Crippen molar-refractivity contribution in [1.82, 2.24) is 0 Å². The van der Waals surface area contributed by atoms with Gasteiger partial charge in [0.25, 0.3) is 0 Å². The molecule has 0 aliphatic carbocycles. The van der Waals surface area contributed by atoms with E-state index in [0.29, 0.717) is 10.2 Å². The predicted octanol–water partition coefficient (Wildman–Crippen LogP) is 2.33. The summed E-state index contributed by atoms with van der Waals surface area (Å²) < 4.78 is 0.617. The Morgan fingerprint density at radius 1 is 1.62 bits per heavy atom. The number of anilines is 1. The molecule has 3 nitrogen and oxygen atoms in total. The molecule has 0 aromatic heterocycles. The minimum absolute atomic E-state index is 0.0900. The van der Waals surface area contributed by atoms with E-state index in [1.165, 1.54) is 12.1 Å². The topological polar surface area (TPSA) is 49.3 Å². The minimum atomic E-state index is -0.284. The molecule has 1 aromatic rings. The van der Waals surface area contributed by atoms with Gasteiger partial charge in [-0.1, -0.05) is 0 Å². The number of carbonyl (C=O) groups is 1. The summed E-state index contributed by atoms with van der Waals surface area (Å²) in [6, 6.07) is 4.56. The normalized spacial score (nSPS) is 9.69. The Kier molecular flexibility index (Phi) is 3.57. The van der Waals surface area contributed by atoms with Gasteiger partial charge in [-0.25, -0.2) is 0 Å². The Labute approximate surface area is 88.8 Å². The SMILES string of the molecule is O=C(CCl)Nc1ccc(O)cc1Br. The third kappa shape index (κ3) is 2.90.